The number of benzene rings is 1. The van der Waals surface area contributed by atoms with Gasteiger partial charge in [0.2, 0.25) is 0 Å². The van der Waals surface area contributed by atoms with E-state index in [0.717, 1.165) is 36.1 Å². The molecule has 1 saturated carbocycles. The van der Waals surface area contributed by atoms with Crippen molar-refractivity contribution in [1.82, 2.24) is 0 Å². The van der Waals surface area contributed by atoms with Crippen molar-refractivity contribution in [2.45, 2.75) is 46.0 Å². The Labute approximate surface area is 103 Å². The van der Waals surface area contributed by atoms with Gasteiger partial charge in [0.25, 0.3) is 0 Å². The number of carbonyl (C=O) groups is 1. The van der Waals surface area contributed by atoms with Crippen LogP contribution in [0.15, 0.2) is 18.2 Å². The second kappa shape index (κ2) is 4.52. The van der Waals surface area contributed by atoms with Gasteiger partial charge in [0, 0.05) is 16.7 Å². The fraction of sp³-hybridized carbons (Fsp3) is 0.533. The Morgan fingerprint density at radius 2 is 2.00 bits per heavy atom. The molecule has 0 saturated heterocycles. The lowest BCUT2D eigenvalue weighted by Gasteiger charge is -2.26. The van der Waals surface area contributed by atoms with Crippen LogP contribution in [-0.2, 0) is 0 Å². The number of Topliss-reactive ketones (excluding diaryl/α,β-unsaturated/α-hetero) is 1. The van der Waals surface area contributed by atoms with Gasteiger partial charge < -0.3 is 5.73 Å². The first-order chi connectivity index (χ1) is 8.09. The van der Waals surface area contributed by atoms with Crippen LogP contribution in [0.5, 0.6) is 0 Å². The summed E-state index contributed by atoms with van der Waals surface area (Å²) in [5.74, 6) is 0.320. The standard InChI is InChI=1S/C15H21NO/c1-3-15(8-4-5-9-15)14(17)12-6-7-13(16)11(2)10-12/h6-7,10H,3-5,8-9,16H2,1-2H3. The smallest absolute Gasteiger partial charge is 0.168 e. The number of nitrogens with two attached hydrogens (primary N) is 1. The van der Waals surface area contributed by atoms with Gasteiger partial charge in [0.15, 0.2) is 5.78 Å². The zero-order chi connectivity index (χ0) is 12.5. The molecule has 0 unspecified atom stereocenters. The highest BCUT2D eigenvalue weighted by Gasteiger charge is 2.39. The van der Waals surface area contributed by atoms with E-state index in [1.165, 1.54) is 12.8 Å². The Bertz CT molecular complexity index is 431. The molecule has 2 heteroatoms. The molecule has 2 N–H and O–H groups in total. The molecule has 2 nitrogen and oxygen atoms in total. The van der Waals surface area contributed by atoms with E-state index in [1.54, 1.807) is 0 Å². The van der Waals surface area contributed by atoms with E-state index >= 15 is 0 Å². The van der Waals surface area contributed by atoms with Crippen LogP contribution in [0.3, 0.4) is 0 Å². The first-order valence-electron chi connectivity index (χ1n) is 6.50. The summed E-state index contributed by atoms with van der Waals surface area (Å²) in [7, 11) is 0. The minimum absolute atomic E-state index is 0.0947. The molecule has 0 radical (unpaired) electrons. The Morgan fingerprint density at radius 1 is 1.35 bits per heavy atom. The van der Waals surface area contributed by atoms with Crippen LogP contribution in [0.25, 0.3) is 0 Å². The predicted octanol–water partition coefficient (Wildman–Crippen LogP) is 3.73. The third kappa shape index (κ3) is 2.08. The van der Waals surface area contributed by atoms with Crippen LogP contribution in [0.2, 0.25) is 0 Å². The summed E-state index contributed by atoms with van der Waals surface area (Å²) in [5, 5.41) is 0. The van der Waals surface area contributed by atoms with Crippen molar-refractivity contribution in [3.05, 3.63) is 29.3 Å². The minimum Gasteiger partial charge on any atom is -0.399 e. The quantitative estimate of drug-likeness (QED) is 0.636. The van der Waals surface area contributed by atoms with Crippen LogP contribution in [0.4, 0.5) is 5.69 Å². The van der Waals surface area contributed by atoms with Crippen molar-refractivity contribution in [3.8, 4) is 0 Å². The van der Waals surface area contributed by atoms with Gasteiger partial charge in [-0.2, -0.15) is 0 Å². The van der Waals surface area contributed by atoms with Crippen molar-refractivity contribution >= 4 is 11.5 Å². The van der Waals surface area contributed by atoms with Crippen LogP contribution >= 0.6 is 0 Å². The fourth-order valence-corrected chi connectivity index (χ4v) is 2.92. The number of anilines is 1. The molecule has 1 aromatic carbocycles. The van der Waals surface area contributed by atoms with E-state index in [9.17, 15) is 4.79 Å². The Balaban J connectivity index is 2.32. The molecule has 1 fully saturated rings. The monoisotopic (exact) mass is 231 g/mol. The highest BCUT2D eigenvalue weighted by Crippen LogP contribution is 2.43. The average molecular weight is 231 g/mol. The van der Waals surface area contributed by atoms with Crippen LogP contribution in [-0.4, -0.2) is 5.78 Å². The summed E-state index contributed by atoms with van der Waals surface area (Å²) in [5.41, 5.74) is 8.30. The Kier molecular flexibility index (Phi) is 3.23. The predicted molar refractivity (Wildman–Crippen MR) is 71.1 cm³/mol. The van der Waals surface area contributed by atoms with E-state index in [1.807, 2.05) is 25.1 Å². The maximum atomic E-state index is 12.6. The maximum Gasteiger partial charge on any atom is 0.168 e. The van der Waals surface area contributed by atoms with Gasteiger partial charge in [-0.3, -0.25) is 4.79 Å². The molecule has 1 aliphatic carbocycles. The molecule has 0 spiro atoms. The lowest BCUT2D eigenvalue weighted by atomic mass is 9.76. The normalized spacial score (nSPS) is 18.2. The van der Waals surface area contributed by atoms with E-state index in [-0.39, 0.29) is 5.41 Å². The zero-order valence-electron chi connectivity index (χ0n) is 10.8. The highest BCUT2D eigenvalue weighted by molar-refractivity contribution is 6.01. The fourth-order valence-electron chi connectivity index (χ4n) is 2.92. The summed E-state index contributed by atoms with van der Waals surface area (Å²) in [6, 6.07) is 5.66. The number of rotatable bonds is 3. The third-order valence-electron chi connectivity index (χ3n) is 4.25. The molecule has 0 bridgehead atoms. The van der Waals surface area contributed by atoms with E-state index in [2.05, 4.69) is 6.92 Å². The molecular formula is C15H21NO. The van der Waals surface area contributed by atoms with Crippen LogP contribution in [0.1, 0.15) is 54.9 Å². The van der Waals surface area contributed by atoms with Crippen LogP contribution in [0, 0.1) is 12.3 Å². The molecule has 0 amide bonds. The SMILES string of the molecule is CCC1(C(=O)c2ccc(N)c(C)c2)CCCC1. The summed E-state index contributed by atoms with van der Waals surface area (Å²) in [4.78, 5) is 12.6. The average Bonchev–Trinajstić information content (AvgIpc) is 2.81. The largest absolute Gasteiger partial charge is 0.399 e. The highest BCUT2D eigenvalue weighted by atomic mass is 16.1. The second-order valence-corrected chi connectivity index (χ2v) is 5.24. The van der Waals surface area contributed by atoms with Gasteiger partial charge in [0.1, 0.15) is 0 Å². The first-order valence-corrected chi connectivity index (χ1v) is 6.50. The topological polar surface area (TPSA) is 43.1 Å². The summed E-state index contributed by atoms with van der Waals surface area (Å²) in [6.45, 7) is 4.09. The van der Waals surface area contributed by atoms with Gasteiger partial charge in [-0.15, -0.1) is 0 Å². The number of nitrogen functional groups attached to an aromatic ring is 1. The number of aryl methyl sites for hydroxylation is 1. The van der Waals surface area contributed by atoms with E-state index in [4.69, 9.17) is 5.73 Å². The first kappa shape index (κ1) is 12.2. The molecule has 0 heterocycles. The van der Waals surface area contributed by atoms with Gasteiger partial charge in [-0.25, -0.2) is 0 Å². The van der Waals surface area contributed by atoms with Crippen molar-refractivity contribution < 1.29 is 4.79 Å². The number of ketones is 1. The molecule has 0 aliphatic heterocycles. The molecule has 92 valence electrons. The lowest BCUT2D eigenvalue weighted by Crippen LogP contribution is -2.27. The summed E-state index contributed by atoms with van der Waals surface area (Å²) in [6.07, 6.45) is 5.42. The van der Waals surface area contributed by atoms with Gasteiger partial charge in [-0.1, -0.05) is 19.8 Å². The van der Waals surface area contributed by atoms with Gasteiger partial charge in [0.05, 0.1) is 0 Å². The zero-order valence-corrected chi connectivity index (χ0v) is 10.8. The third-order valence-corrected chi connectivity index (χ3v) is 4.25. The van der Waals surface area contributed by atoms with E-state index < -0.39 is 0 Å². The molecule has 17 heavy (non-hydrogen) atoms. The van der Waals surface area contributed by atoms with Crippen molar-refractivity contribution in [2.75, 3.05) is 5.73 Å². The number of hydrogen-bond donors (Lipinski definition) is 1. The van der Waals surface area contributed by atoms with Crippen LogP contribution < -0.4 is 5.73 Å². The summed E-state index contributed by atoms with van der Waals surface area (Å²) >= 11 is 0. The Morgan fingerprint density at radius 3 is 2.53 bits per heavy atom. The molecule has 0 atom stereocenters. The van der Waals surface area contributed by atoms with Crippen molar-refractivity contribution in [3.63, 3.8) is 0 Å². The van der Waals surface area contributed by atoms with Gasteiger partial charge in [-0.05, 0) is 49.9 Å². The van der Waals surface area contributed by atoms with Gasteiger partial charge >= 0.3 is 0 Å². The minimum atomic E-state index is -0.0947. The maximum absolute atomic E-state index is 12.6. The molecular weight excluding hydrogens is 210 g/mol. The number of carbonyl (C=O) groups excluding carboxylic acids is 1. The van der Waals surface area contributed by atoms with Crippen molar-refractivity contribution in [2.24, 2.45) is 5.41 Å². The summed E-state index contributed by atoms with van der Waals surface area (Å²) < 4.78 is 0. The second-order valence-electron chi connectivity index (χ2n) is 5.24. The molecule has 2 rings (SSSR count). The lowest BCUT2D eigenvalue weighted by molar-refractivity contribution is 0.0791. The molecule has 0 aromatic heterocycles. The molecule has 1 aromatic rings. The van der Waals surface area contributed by atoms with E-state index in [0.29, 0.717) is 5.78 Å². The number of hydrogen-bond acceptors (Lipinski definition) is 2. The Hall–Kier alpha value is -1.31. The molecule has 1 aliphatic rings. The van der Waals surface area contributed by atoms with Crippen molar-refractivity contribution in [1.29, 1.82) is 0 Å².